The van der Waals surface area contributed by atoms with Crippen molar-refractivity contribution in [2.24, 2.45) is 0 Å². The van der Waals surface area contributed by atoms with Crippen LogP contribution in [0.1, 0.15) is 44.2 Å². The van der Waals surface area contributed by atoms with Gasteiger partial charge >= 0.3 is 0 Å². The van der Waals surface area contributed by atoms with Gasteiger partial charge in [0, 0.05) is 12.1 Å². The molecule has 2 atom stereocenters. The molecule has 0 amide bonds. The minimum Gasteiger partial charge on any atom is -0.398 e. The lowest BCUT2D eigenvalue weighted by Crippen LogP contribution is -2.47. The minimum atomic E-state index is -3.52. The molecular weight excluding hydrogens is 272 g/mol. The van der Waals surface area contributed by atoms with Crippen molar-refractivity contribution in [1.82, 2.24) is 4.31 Å². The van der Waals surface area contributed by atoms with E-state index in [1.54, 1.807) is 16.4 Å². The average molecular weight is 296 g/mol. The molecule has 5 heteroatoms. The van der Waals surface area contributed by atoms with Gasteiger partial charge < -0.3 is 5.73 Å². The summed E-state index contributed by atoms with van der Waals surface area (Å²) in [6.45, 7) is 7.81. The number of benzene rings is 1. The van der Waals surface area contributed by atoms with Gasteiger partial charge in [0.15, 0.2) is 0 Å². The predicted molar refractivity (Wildman–Crippen MR) is 82.1 cm³/mol. The molecule has 0 unspecified atom stereocenters. The number of hydrogen-bond acceptors (Lipinski definition) is 3. The van der Waals surface area contributed by atoms with Gasteiger partial charge in [0.05, 0.1) is 5.69 Å². The highest BCUT2D eigenvalue weighted by Gasteiger charge is 2.36. The molecule has 0 radical (unpaired) electrons. The highest BCUT2D eigenvalue weighted by Crippen LogP contribution is 2.32. The van der Waals surface area contributed by atoms with Crippen molar-refractivity contribution in [3.05, 3.63) is 23.3 Å². The Bertz CT molecular complexity index is 601. The van der Waals surface area contributed by atoms with E-state index in [1.807, 2.05) is 27.7 Å². The zero-order chi connectivity index (χ0) is 15.1. The summed E-state index contributed by atoms with van der Waals surface area (Å²) in [6.07, 6.45) is 2.90. The highest BCUT2D eigenvalue weighted by atomic mass is 32.2. The summed E-state index contributed by atoms with van der Waals surface area (Å²) in [7, 11) is -3.52. The predicted octanol–water partition coefficient (Wildman–Crippen LogP) is 2.84. The summed E-state index contributed by atoms with van der Waals surface area (Å²) in [5.74, 6) is 0. The second kappa shape index (κ2) is 5.37. The van der Waals surface area contributed by atoms with Gasteiger partial charge in [-0.2, -0.15) is 4.31 Å². The van der Waals surface area contributed by atoms with Crippen LogP contribution >= 0.6 is 0 Å². The van der Waals surface area contributed by atoms with Crippen molar-refractivity contribution in [1.29, 1.82) is 0 Å². The number of sulfonamides is 1. The van der Waals surface area contributed by atoms with E-state index in [-0.39, 0.29) is 17.0 Å². The van der Waals surface area contributed by atoms with Crippen LogP contribution in [0.25, 0.3) is 0 Å². The lowest BCUT2D eigenvalue weighted by molar-refractivity contribution is 0.204. The number of nitrogens with zero attached hydrogens (tertiary/aromatic N) is 1. The number of aryl methyl sites for hydroxylation is 2. The summed E-state index contributed by atoms with van der Waals surface area (Å²) in [4.78, 5) is 0.251. The first kappa shape index (κ1) is 15.3. The smallest absolute Gasteiger partial charge is 0.245 e. The second-order valence-corrected chi connectivity index (χ2v) is 7.75. The molecule has 0 aromatic heterocycles. The lowest BCUT2D eigenvalue weighted by atomic mass is 10.0. The first-order chi connectivity index (χ1) is 9.25. The third-order valence-corrected chi connectivity index (χ3v) is 6.48. The van der Waals surface area contributed by atoms with Crippen molar-refractivity contribution in [2.75, 3.05) is 5.73 Å². The first-order valence-electron chi connectivity index (χ1n) is 7.15. The van der Waals surface area contributed by atoms with Crippen LogP contribution < -0.4 is 5.73 Å². The number of piperidine rings is 1. The van der Waals surface area contributed by atoms with Gasteiger partial charge in [0.1, 0.15) is 4.90 Å². The normalized spacial score (nSPS) is 24.8. The Hall–Kier alpha value is -1.07. The largest absolute Gasteiger partial charge is 0.398 e. The first-order valence-corrected chi connectivity index (χ1v) is 8.59. The Kier molecular flexibility index (Phi) is 4.12. The van der Waals surface area contributed by atoms with E-state index in [4.69, 9.17) is 5.73 Å². The lowest BCUT2D eigenvalue weighted by Gasteiger charge is -2.38. The molecular formula is C15H24N2O2S. The summed E-state index contributed by atoms with van der Waals surface area (Å²) in [5.41, 5.74) is 8.28. The van der Waals surface area contributed by atoms with E-state index >= 15 is 0 Å². The minimum absolute atomic E-state index is 0.0322. The molecule has 4 nitrogen and oxygen atoms in total. The molecule has 0 aliphatic carbocycles. The van der Waals surface area contributed by atoms with Gasteiger partial charge in [-0.3, -0.25) is 0 Å². The number of nitrogens with two attached hydrogens (primary N) is 1. The summed E-state index contributed by atoms with van der Waals surface area (Å²) in [5, 5.41) is 0. The highest BCUT2D eigenvalue weighted by molar-refractivity contribution is 7.89. The van der Waals surface area contributed by atoms with Crippen LogP contribution in [0.15, 0.2) is 17.0 Å². The molecule has 1 aliphatic heterocycles. The van der Waals surface area contributed by atoms with Crippen molar-refractivity contribution in [3.8, 4) is 0 Å². The molecule has 2 rings (SSSR count). The zero-order valence-corrected chi connectivity index (χ0v) is 13.5. The number of nitrogen functional groups attached to an aromatic ring is 1. The van der Waals surface area contributed by atoms with E-state index in [1.165, 1.54) is 0 Å². The Balaban J connectivity index is 2.52. The van der Waals surface area contributed by atoms with Crippen LogP contribution in [0.3, 0.4) is 0 Å². The van der Waals surface area contributed by atoms with Crippen molar-refractivity contribution >= 4 is 15.7 Å². The Morgan fingerprint density at radius 3 is 2.15 bits per heavy atom. The van der Waals surface area contributed by atoms with Gasteiger partial charge in [-0.05, 0) is 63.8 Å². The third-order valence-electron chi connectivity index (χ3n) is 4.29. The molecule has 2 N–H and O–H groups in total. The molecule has 1 saturated heterocycles. The monoisotopic (exact) mass is 296 g/mol. The second-order valence-electron chi connectivity index (χ2n) is 5.94. The third kappa shape index (κ3) is 2.56. The van der Waals surface area contributed by atoms with Crippen LogP contribution in [-0.2, 0) is 10.0 Å². The molecule has 1 aromatic carbocycles. The maximum Gasteiger partial charge on any atom is 0.245 e. The maximum atomic E-state index is 12.9. The maximum absolute atomic E-state index is 12.9. The Labute approximate surface area is 122 Å². The van der Waals surface area contributed by atoms with E-state index in [0.29, 0.717) is 5.69 Å². The van der Waals surface area contributed by atoms with Crippen molar-refractivity contribution < 1.29 is 8.42 Å². The molecule has 20 heavy (non-hydrogen) atoms. The molecule has 1 fully saturated rings. The van der Waals surface area contributed by atoms with Crippen LogP contribution in [0.5, 0.6) is 0 Å². The summed E-state index contributed by atoms with van der Waals surface area (Å²) < 4.78 is 27.5. The van der Waals surface area contributed by atoms with Gasteiger partial charge in [-0.1, -0.05) is 6.42 Å². The van der Waals surface area contributed by atoms with Crippen LogP contribution in [-0.4, -0.2) is 24.8 Å². The molecule has 1 heterocycles. The molecule has 1 aromatic rings. The van der Waals surface area contributed by atoms with E-state index in [2.05, 4.69) is 0 Å². The Morgan fingerprint density at radius 2 is 1.60 bits per heavy atom. The number of rotatable bonds is 2. The molecule has 0 bridgehead atoms. The number of hydrogen-bond donors (Lipinski definition) is 1. The van der Waals surface area contributed by atoms with Gasteiger partial charge in [0.2, 0.25) is 10.0 Å². The van der Waals surface area contributed by atoms with Gasteiger partial charge in [-0.15, -0.1) is 0 Å². The van der Waals surface area contributed by atoms with E-state index in [9.17, 15) is 8.42 Å². The van der Waals surface area contributed by atoms with Gasteiger partial charge in [0.25, 0.3) is 0 Å². The summed E-state index contributed by atoms with van der Waals surface area (Å²) in [6, 6.07) is 3.52. The fourth-order valence-corrected chi connectivity index (χ4v) is 5.09. The van der Waals surface area contributed by atoms with Gasteiger partial charge in [-0.25, -0.2) is 8.42 Å². The van der Waals surface area contributed by atoms with E-state index in [0.717, 1.165) is 30.4 Å². The quantitative estimate of drug-likeness (QED) is 0.854. The average Bonchev–Trinajstić information content (AvgIpc) is 2.33. The molecule has 112 valence electrons. The molecule has 0 saturated carbocycles. The van der Waals surface area contributed by atoms with Crippen LogP contribution in [0, 0.1) is 13.8 Å². The molecule has 0 spiro atoms. The fourth-order valence-electron chi connectivity index (χ4n) is 3.02. The number of anilines is 1. The van der Waals surface area contributed by atoms with Crippen molar-refractivity contribution in [2.45, 2.75) is 63.9 Å². The summed E-state index contributed by atoms with van der Waals surface area (Å²) >= 11 is 0. The standard InChI is InChI=1S/C15H24N2O2S/c1-10-8-14(16)15(9-11(10)2)20(18,19)17-12(3)6-5-7-13(17)4/h8-9,12-13H,5-7,16H2,1-4H3/t12-,13+. The topological polar surface area (TPSA) is 63.4 Å². The molecule has 1 aliphatic rings. The zero-order valence-electron chi connectivity index (χ0n) is 12.7. The van der Waals surface area contributed by atoms with E-state index < -0.39 is 10.0 Å². The SMILES string of the molecule is Cc1cc(N)c(S(=O)(=O)N2[C@H](C)CCC[C@@H]2C)cc1C. The van der Waals surface area contributed by atoms with Crippen molar-refractivity contribution in [3.63, 3.8) is 0 Å². The van der Waals surface area contributed by atoms with Crippen LogP contribution in [0.4, 0.5) is 5.69 Å². The Morgan fingerprint density at radius 1 is 1.10 bits per heavy atom. The fraction of sp³-hybridized carbons (Fsp3) is 0.600. The van der Waals surface area contributed by atoms with Crippen LogP contribution in [0.2, 0.25) is 0 Å².